The molecule has 1 aromatic carbocycles. The van der Waals surface area contributed by atoms with Gasteiger partial charge in [-0.25, -0.2) is 17.8 Å². The highest BCUT2D eigenvalue weighted by Crippen LogP contribution is 2.20. The summed E-state index contributed by atoms with van der Waals surface area (Å²) in [5.74, 6) is -0.340. The van der Waals surface area contributed by atoms with Crippen LogP contribution in [0.25, 0.3) is 0 Å². The van der Waals surface area contributed by atoms with Crippen molar-refractivity contribution in [1.29, 1.82) is 0 Å². The summed E-state index contributed by atoms with van der Waals surface area (Å²) in [7, 11) is -3.18. The zero-order valence-electron chi connectivity index (χ0n) is 14.3. The molecule has 0 saturated carbocycles. The zero-order valence-corrected chi connectivity index (χ0v) is 16.7. The number of sulfone groups is 1. The van der Waals surface area contributed by atoms with E-state index >= 15 is 0 Å². The number of carbonyl (C=O) groups excluding carboxylic acids is 1. The monoisotopic (exact) mass is 439 g/mol. The molecular formula is C16H20Cl2FN3O4S. The van der Waals surface area contributed by atoms with Crippen molar-refractivity contribution in [3.05, 3.63) is 48.4 Å². The van der Waals surface area contributed by atoms with Gasteiger partial charge in [-0.15, -0.1) is 24.8 Å². The van der Waals surface area contributed by atoms with Crippen LogP contribution < -0.4 is 15.8 Å². The molecule has 7 nitrogen and oxygen atoms in total. The minimum Gasteiger partial charge on any atom is -0.439 e. The van der Waals surface area contributed by atoms with E-state index in [4.69, 9.17) is 10.5 Å². The summed E-state index contributed by atoms with van der Waals surface area (Å²) >= 11 is 0. The smallest absolute Gasteiger partial charge is 0.241 e. The molecule has 1 atom stereocenters. The number of nitrogens with zero attached hydrogens (tertiary/aromatic N) is 1. The van der Waals surface area contributed by atoms with Crippen LogP contribution in [0, 0.1) is 5.82 Å². The van der Waals surface area contributed by atoms with E-state index < -0.39 is 21.8 Å². The number of hydrogen-bond acceptors (Lipinski definition) is 6. The number of anilines is 1. The summed E-state index contributed by atoms with van der Waals surface area (Å²) in [6.07, 6.45) is 2.49. The highest BCUT2D eigenvalue weighted by Gasteiger charge is 2.16. The molecular weight excluding hydrogens is 420 g/mol. The molecule has 0 saturated heterocycles. The molecule has 0 bridgehead atoms. The molecule has 0 fully saturated rings. The molecule has 0 aliphatic heterocycles. The predicted octanol–water partition coefficient (Wildman–Crippen LogP) is 2.56. The van der Waals surface area contributed by atoms with Gasteiger partial charge in [-0.2, -0.15) is 0 Å². The minimum absolute atomic E-state index is 0. The lowest BCUT2D eigenvalue weighted by Crippen LogP contribution is -2.37. The molecule has 1 amide bonds. The number of carbonyl (C=O) groups is 1. The number of pyridine rings is 1. The Hall–Kier alpha value is -1.94. The third kappa shape index (κ3) is 9.00. The molecule has 2 aromatic rings. The highest BCUT2D eigenvalue weighted by atomic mass is 35.5. The molecule has 1 aromatic heterocycles. The van der Waals surface area contributed by atoms with Gasteiger partial charge in [0.15, 0.2) is 0 Å². The average molecular weight is 440 g/mol. The zero-order chi connectivity index (χ0) is 18.4. The summed E-state index contributed by atoms with van der Waals surface area (Å²) in [6.45, 7) is 0. The number of nitrogens with one attached hydrogen (secondary N) is 1. The van der Waals surface area contributed by atoms with Gasteiger partial charge in [0.05, 0.1) is 23.7 Å². The highest BCUT2D eigenvalue weighted by molar-refractivity contribution is 7.90. The maximum atomic E-state index is 12.8. The molecule has 1 heterocycles. The van der Waals surface area contributed by atoms with E-state index in [2.05, 4.69) is 10.3 Å². The largest absolute Gasteiger partial charge is 0.439 e. The number of halogens is 3. The lowest BCUT2D eigenvalue weighted by atomic mass is 10.2. The van der Waals surface area contributed by atoms with E-state index in [1.165, 1.54) is 36.5 Å². The summed E-state index contributed by atoms with van der Waals surface area (Å²) < 4.78 is 40.4. The fourth-order valence-corrected chi connectivity index (χ4v) is 2.53. The third-order valence-electron chi connectivity index (χ3n) is 3.18. The molecule has 11 heteroatoms. The summed E-state index contributed by atoms with van der Waals surface area (Å²) in [5, 5.41) is 2.55. The first-order valence-electron chi connectivity index (χ1n) is 7.36. The van der Waals surface area contributed by atoms with Crippen LogP contribution in [0.15, 0.2) is 42.6 Å². The normalized spacial score (nSPS) is 11.5. The standard InChI is InChI=1S/C16H18FN3O4S.2ClH/c1-25(22,23)9-8-14(18)16(21)20-12-4-7-15(19-10-12)24-13-5-2-11(17)3-6-13;;/h2-7,10,14H,8-9,18H2,1H3,(H,20,21);2*1H. The first-order valence-corrected chi connectivity index (χ1v) is 9.42. The molecule has 0 radical (unpaired) electrons. The average Bonchev–Trinajstić information content (AvgIpc) is 2.56. The van der Waals surface area contributed by atoms with E-state index in [0.717, 1.165) is 6.26 Å². The van der Waals surface area contributed by atoms with Gasteiger partial charge in [-0.3, -0.25) is 4.79 Å². The van der Waals surface area contributed by atoms with Gasteiger partial charge in [0.1, 0.15) is 21.4 Å². The van der Waals surface area contributed by atoms with Gasteiger partial charge in [0.2, 0.25) is 11.8 Å². The summed E-state index contributed by atoms with van der Waals surface area (Å²) in [4.78, 5) is 15.9. The minimum atomic E-state index is -3.18. The van der Waals surface area contributed by atoms with Crippen LogP contribution in [-0.4, -0.2) is 37.4 Å². The van der Waals surface area contributed by atoms with E-state index in [9.17, 15) is 17.6 Å². The van der Waals surface area contributed by atoms with Gasteiger partial charge < -0.3 is 15.8 Å². The first kappa shape index (κ1) is 25.1. The number of nitrogens with two attached hydrogens (primary N) is 1. The Balaban J connectivity index is 0.00000338. The lowest BCUT2D eigenvalue weighted by molar-refractivity contribution is -0.117. The molecule has 0 aliphatic carbocycles. The molecule has 1 unspecified atom stereocenters. The molecule has 3 N–H and O–H groups in total. The number of amides is 1. The van der Waals surface area contributed by atoms with Crippen molar-refractivity contribution in [3.63, 3.8) is 0 Å². The van der Waals surface area contributed by atoms with Crippen molar-refractivity contribution < 1.29 is 22.3 Å². The van der Waals surface area contributed by atoms with E-state index in [-0.39, 0.29) is 48.7 Å². The fourth-order valence-electron chi connectivity index (χ4n) is 1.85. The second-order valence-corrected chi connectivity index (χ2v) is 7.72. The maximum Gasteiger partial charge on any atom is 0.241 e. The van der Waals surface area contributed by atoms with Crippen LogP contribution in [0.3, 0.4) is 0 Å². The van der Waals surface area contributed by atoms with Crippen molar-refractivity contribution in [2.45, 2.75) is 12.5 Å². The van der Waals surface area contributed by atoms with E-state index in [0.29, 0.717) is 11.4 Å². The molecule has 0 aliphatic rings. The number of ether oxygens (including phenoxy) is 1. The Morgan fingerprint density at radius 1 is 1.22 bits per heavy atom. The van der Waals surface area contributed by atoms with Gasteiger partial charge in [0, 0.05) is 12.3 Å². The molecule has 2 rings (SSSR count). The topological polar surface area (TPSA) is 111 Å². The van der Waals surface area contributed by atoms with Crippen LogP contribution in [0.5, 0.6) is 11.6 Å². The van der Waals surface area contributed by atoms with Gasteiger partial charge >= 0.3 is 0 Å². The second kappa shape index (κ2) is 11.0. The Kier molecular flexibility index (Phi) is 10.2. The van der Waals surface area contributed by atoms with Gasteiger partial charge in [-0.1, -0.05) is 0 Å². The number of hydrogen-bond donors (Lipinski definition) is 2. The molecule has 150 valence electrons. The first-order chi connectivity index (χ1) is 11.7. The number of aromatic nitrogens is 1. The van der Waals surface area contributed by atoms with E-state index in [1.54, 1.807) is 6.07 Å². The van der Waals surface area contributed by atoms with E-state index in [1.807, 2.05) is 0 Å². The van der Waals surface area contributed by atoms with Crippen molar-refractivity contribution in [2.75, 3.05) is 17.3 Å². The lowest BCUT2D eigenvalue weighted by Gasteiger charge is -2.12. The summed E-state index contributed by atoms with van der Waals surface area (Å²) in [6, 6.07) is 7.61. The van der Waals surface area contributed by atoms with Crippen molar-refractivity contribution >= 4 is 46.2 Å². The van der Waals surface area contributed by atoms with Crippen LogP contribution >= 0.6 is 24.8 Å². The van der Waals surface area contributed by atoms with Crippen molar-refractivity contribution in [2.24, 2.45) is 5.73 Å². The Bertz CT molecular complexity index is 834. The Morgan fingerprint density at radius 3 is 2.37 bits per heavy atom. The van der Waals surface area contributed by atoms with Crippen LogP contribution in [0.2, 0.25) is 0 Å². The van der Waals surface area contributed by atoms with Gasteiger partial charge in [-0.05, 0) is 36.8 Å². The number of benzene rings is 1. The summed E-state index contributed by atoms with van der Waals surface area (Å²) in [5.41, 5.74) is 6.06. The predicted molar refractivity (Wildman–Crippen MR) is 106 cm³/mol. The van der Waals surface area contributed by atoms with Gasteiger partial charge in [0.25, 0.3) is 0 Å². The number of rotatable bonds is 7. The van der Waals surface area contributed by atoms with Crippen molar-refractivity contribution in [3.8, 4) is 11.6 Å². The Labute approximate surface area is 169 Å². The molecule has 0 spiro atoms. The third-order valence-corrected chi connectivity index (χ3v) is 4.15. The SMILES string of the molecule is CS(=O)(=O)CCC(N)C(=O)Nc1ccc(Oc2ccc(F)cc2)nc1.Cl.Cl. The Morgan fingerprint density at radius 2 is 1.85 bits per heavy atom. The molecule has 27 heavy (non-hydrogen) atoms. The maximum absolute atomic E-state index is 12.8. The fraction of sp³-hybridized carbons (Fsp3) is 0.250. The second-order valence-electron chi connectivity index (χ2n) is 5.46. The van der Waals surface area contributed by atoms with Crippen LogP contribution in [0.1, 0.15) is 6.42 Å². The van der Waals surface area contributed by atoms with Crippen LogP contribution in [0.4, 0.5) is 10.1 Å². The quantitative estimate of drug-likeness (QED) is 0.685. The van der Waals surface area contributed by atoms with Crippen molar-refractivity contribution in [1.82, 2.24) is 4.98 Å². The van der Waals surface area contributed by atoms with Crippen LogP contribution in [-0.2, 0) is 14.6 Å².